The van der Waals surface area contributed by atoms with Crippen LogP contribution in [0.4, 0.5) is 0 Å². The molecule has 7 nitrogen and oxygen atoms in total. The first-order valence-electron chi connectivity index (χ1n) is 7.99. The van der Waals surface area contributed by atoms with Crippen LogP contribution < -0.4 is 45.5 Å². The average Bonchev–Trinajstić information content (AvgIpc) is 3.33. The Labute approximate surface area is 170 Å². The fraction of sp³-hybridized carbons (Fsp3) is 0.471. The van der Waals surface area contributed by atoms with E-state index in [1.54, 1.807) is 0 Å². The Morgan fingerprint density at radius 2 is 1.84 bits per heavy atom. The maximum absolute atomic E-state index is 12.4. The molecule has 8 heteroatoms. The van der Waals surface area contributed by atoms with Crippen molar-refractivity contribution in [2.24, 2.45) is 5.92 Å². The summed E-state index contributed by atoms with van der Waals surface area (Å²) in [6.07, 6.45) is 0.348. The molecule has 132 valence electrons. The van der Waals surface area contributed by atoms with Gasteiger partial charge in [0.05, 0.1) is 0 Å². The van der Waals surface area contributed by atoms with E-state index in [2.05, 4.69) is 16.0 Å². The van der Waals surface area contributed by atoms with Crippen molar-refractivity contribution >= 4 is 17.8 Å². The number of rotatable bonds is 8. The van der Waals surface area contributed by atoms with Crippen molar-refractivity contribution in [2.45, 2.75) is 38.4 Å². The van der Waals surface area contributed by atoms with Crippen LogP contribution in [0.3, 0.4) is 0 Å². The molecular formula is C17H24N3NaO4. The molecule has 25 heavy (non-hydrogen) atoms. The maximum Gasteiger partial charge on any atom is 1.00 e. The Hall–Kier alpha value is -1.41. The second kappa shape index (κ2) is 9.91. The fourth-order valence-electron chi connectivity index (χ4n) is 2.33. The smallest absolute Gasteiger partial charge is 1.00 e. The fourth-order valence-corrected chi connectivity index (χ4v) is 2.33. The van der Waals surface area contributed by atoms with Crippen molar-refractivity contribution in [3.8, 4) is 0 Å². The van der Waals surface area contributed by atoms with Crippen LogP contribution in [0.15, 0.2) is 30.3 Å². The number of nitrogens with one attached hydrogen (secondary N) is 3. The van der Waals surface area contributed by atoms with E-state index in [-0.39, 0.29) is 36.9 Å². The number of carbonyl (C=O) groups excluding carboxylic acids is 2. The van der Waals surface area contributed by atoms with Gasteiger partial charge in [-0.3, -0.25) is 19.7 Å². The molecule has 0 bridgehead atoms. The van der Waals surface area contributed by atoms with Gasteiger partial charge < -0.3 is 17.2 Å². The largest absolute Gasteiger partial charge is 1.00 e. The molecule has 2 rings (SSSR count). The number of aliphatic carboxylic acids is 1. The minimum atomic E-state index is -1.07. The van der Waals surface area contributed by atoms with Crippen LogP contribution in [-0.4, -0.2) is 47.6 Å². The Balaban J connectivity index is 0.00000312. The first-order chi connectivity index (χ1) is 11.4. The minimum Gasteiger partial charge on any atom is -1.00 e. The molecule has 2 amide bonds. The van der Waals surface area contributed by atoms with Crippen molar-refractivity contribution in [1.29, 1.82) is 0 Å². The third-order valence-electron chi connectivity index (χ3n) is 3.73. The van der Waals surface area contributed by atoms with Gasteiger partial charge in [-0.15, -0.1) is 0 Å². The van der Waals surface area contributed by atoms with Crippen LogP contribution >= 0.6 is 0 Å². The van der Waals surface area contributed by atoms with Gasteiger partial charge in [-0.25, -0.2) is 0 Å². The van der Waals surface area contributed by atoms with Crippen LogP contribution in [0, 0.1) is 5.92 Å². The van der Waals surface area contributed by atoms with Gasteiger partial charge >= 0.3 is 35.5 Å². The Morgan fingerprint density at radius 3 is 2.36 bits per heavy atom. The molecule has 1 heterocycles. The van der Waals surface area contributed by atoms with Crippen molar-refractivity contribution in [3.63, 3.8) is 0 Å². The summed E-state index contributed by atoms with van der Waals surface area (Å²) < 4.78 is 0. The molecule has 4 N–H and O–H groups in total. The first kappa shape index (κ1) is 21.6. The zero-order valence-electron chi connectivity index (χ0n) is 15.8. The van der Waals surface area contributed by atoms with Gasteiger partial charge in [0.25, 0.3) is 0 Å². The third kappa shape index (κ3) is 6.78. The number of benzene rings is 1. The normalized spacial score (nSPS) is 19.5. The number of carbonyl (C=O) groups is 3. The summed E-state index contributed by atoms with van der Waals surface area (Å²) in [6.45, 7) is 4.48. The summed E-state index contributed by atoms with van der Waals surface area (Å²) in [5.41, 5.74) is 0.918. The van der Waals surface area contributed by atoms with E-state index in [1.165, 1.54) is 0 Å². The van der Waals surface area contributed by atoms with Crippen LogP contribution in [0.2, 0.25) is 0 Å². The number of carboxylic acids is 1. The second-order valence-electron chi connectivity index (χ2n) is 6.35. The molecule has 1 aliphatic rings. The molecule has 0 unspecified atom stereocenters. The first-order valence-corrected chi connectivity index (χ1v) is 7.99. The summed E-state index contributed by atoms with van der Waals surface area (Å²) >= 11 is 0. The number of amides is 2. The van der Waals surface area contributed by atoms with Gasteiger partial charge in [-0.2, -0.15) is 0 Å². The zero-order valence-corrected chi connectivity index (χ0v) is 16.8. The van der Waals surface area contributed by atoms with Crippen molar-refractivity contribution in [1.82, 2.24) is 16.0 Å². The molecule has 1 fully saturated rings. The van der Waals surface area contributed by atoms with E-state index < -0.39 is 30.0 Å². The molecule has 0 aromatic heterocycles. The van der Waals surface area contributed by atoms with Crippen molar-refractivity contribution < 1.29 is 50.5 Å². The maximum atomic E-state index is 12.4. The van der Waals surface area contributed by atoms with E-state index in [4.69, 9.17) is 5.11 Å². The van der Waals surface area contributed by atoms with E-state index in [0.29, 0.717) is 18.9 Å². The Kier molecular flexibility index (Phi) is 8.58. The summed E-state index contributed by atoms with van der Waals surface area (Å²) in [6, 6.07) is 6.97. The molecule has 1 aromatic carbocycles. The zero-order chi connectivity index (χ0) is 17.7. The number of hydrogen-bond acceptors (Lipinski definition) is 4. The van der Waals surface area contributed by atoms with Gasteiger partial charge in [0.2, 0.25) is 11.8 Å². The molecule has 1 aliphatic heterocycles. The summed E-state index contributed by atoms with van der Waals surface area (Å²) in [5, 5.41) is 16.9. The summed E-state index contributed by atoms with van der Waals surface area (Å²) in [5.74, 6) is -1.51. The van der Waals surface area contributed by atoms with Gasteiger partial charge in [-0.05, 0) is 11.5 Å². The molecule has 0 spiro atoms. The molecule has 0 radical (unpaired) electrons. The molecule has 3 atom stereocenters. The topological polar surface area (TPSA) is 117 Å². The predicted octanol–water partition coefficient (Wildman–Crippen LogP) is -2.97. The molecule has 0 saturated carbocycles. The summed E-state index contributed by atoms with van der Waals surface area (Å²) in [7, 11) is 0. The van der Waals surface area contributed by atoms with Gasteiger partial charge in [0.1, 0.15) is 18.1 Å². The van der Waals surface area contributed by atoms with E-state index in [9.17, 15) is 14.4 Å². The third-order valence-corrected chi connectivity index (χ3v) is 3.73. The predicted molar refractivity (Wildman–Crippen MR) is 89.4 cm³/mol. The minimum absolute atomic E-state index is 0. The van der Waals surface area contributed by atoms with Crippen molar-refractivity contribution in [3.05, 3.63) is 35.9 Å². The van der Waals surface area contributed by atoms with Gasteiger partial charge in [0.15, 0.2) is 0 Å². The Morgan fingerprint density at radius 1 is 1.20 bits per heavy atom. The van der Waals surface area contributed by atoms with Crippen LogP contribution in [0.25, 0.3) is 0 Å². The number of carboxylic acid groups (broad SMARTS) is 1. The van der Waals surface area contributed by atoms with E-state index >= 15 is 0 Å². The standard InChI is InChI=1S/C17H23N3O4.Na.H/c1-10(2)9-18-15(21)12(8-11-6-4-3-5-7-11)19-16(22)13-14(20-13)17(23)24;;/h3-7,10,12-14,20H,8-9H2,1-2H3,(H,18,21)(H,19,22)(H,23,24);;/q;+1;-1/t12-,13-,14-;;/m0../s1. The molecule has 1 aromatic rings. The number of hydrogen-bond donors (Lipinski definition) is 4. The van der Waals surface area contributed by atoms with Gasteiger partial charge in [-0.1, -0.05) is 44.2 Å². The monoisotopic (exact) mass is 357 g/mol. The Bertz CT molecular complexity index is 615. The van der Waals surface area contributed by atoms with Gasteiger partial charge in [0, 0.05) is 13.0 Å². The van der Waals surface area contributed by atoms with E-state index in [0.717, 1.165) is 5.56 Å². The molecular weight excluding hydrogens is 333 g/mol. The molecule has 1 saturated heterocycles. The second-order valence-corrected chi connectivity index (χ2v) is 6.35. The SMILES string of the molecule is CC(C)CNC(=O)[C@H](Cc1ccccc1)NC(=O)[C@H]1N[C@@H]1C(=O)O.[H-].[Na+]. The van der Waals surface area contributed by atoms with Crippen molar-refractivity contribution in [2.75, 3.05) is 6.54 Å². The van der Waals surface area contributed by atoms with Crippen LogP contribution in [0.5, 0.6) is 0 Å². The quantitative estimate of drug-likeness (QED) is 0.293. The molecule has 0 aliphatic carbocycles. The average molecular weight is 357 g/mol. The van der Waals surface area contributed by atoms with E-state index in [1.807, 2.05) is 44.2 Å². The summed E-state index contributed by atoms with van der Waals surface area (Å²) in [4.78, 5) is 35.4. The van der Waals surface area contributed by atoms with Crippen LogP contribution in [-0.2, 0) is 20.8 Å². The van der Waals surface area contributed by atoms with Crippen LogP contribution in [0.1, 0.15) is 20.8 Å².